The molecule has 0 aliphatic rings. The summed E-state index contributed by atoms with van der Waals surface area (Å²) in [5.41, 5.74) is 3.25. The minimum absolute atomic E-state index is 0.125. The molecule has 1 nitrogen and oxygen atoms in total. The Kier molecular flexibility index (Phi) is 4.77. The Morgan fingerprint density at radius 2 is 1.84 bits per heavy atom. The van der Waals surface area contributed by atoms with Crippen molar-refractivity contribution in [2.24, 2.45) is 0 Å². The fourth-order valence-corrected chi connectivity index (χ4v) is 3.02. The zero-order valence-electron chi connectivity index (χ0n) is 10.7. The molecule has 2 rings (SSSR count). The van der Waals surface area contributed by atoms with E-state index in [-0.39, 0.29) is 6.04 Å². The van der Waals surface area contributed by atoms with Crippen molar-refractivity contribution in [3.8, 4) is 0 Å². The first-order valence-corrected chi connectivity index (χ1v) is 7.50. The van der Waals surface area contributed by atoms with Crippen LogP contribution in [-0.4, -0.2) is 0 Å². The van der Waals surface area contributed by atoms with Gasteiger partial charge in [0.2, 0.25) is 0 Å². The van der Waals surface area contributed by atoms with Gasteiger partial charge in [0, 0.05) is 20.2 Å². The van der Waals surface area contributed by atoms with Crippen molar-refractivity contribution in [1.29, 1.82) is 0 Å². The van der Waals surface area contributed by atoms with Crippen molar-refractivity contribution < 1.29 is 0 Å². The van der Waals surface area contributed by atoms with Gasteiger partial charge >= 0.3 is 0 Å². The number of anilines is 1. The monoisotopic (exact) mass is 357 g/mol. The molecular weight excluding hydrogens is 345 g/mol. The van der Waals surface area contributed by atoms with Crippen molar-refractivity contribution in [2.75, 3.05) is 5.32 Å². The molecule has 2 aromatic rings. The van der Waals surface area contributed by atoms with Gasteiger partial charge in [-0.2, -0.15) is 0 Å². The van der Waals surface area contributed by atoms with Gasteiger partial charge in [-0.1, -0.05) is 45.2 Å². The summed E-state index contributed by atoms with van der Waals surface area (Å²) in [6, 6.07) is 11.9. The van der Waals surface area contributed by atoms with E-state index in [1.165, 1.54) is 0 Å². The molecule has 0 aliphatic carbocycles. The Hall–Kier alpha value is -0.700. The second-order valence-electron chi connectivity index (χ2n) is 4.49. The van der Waals surface area contributed by atoms with Crippen LogP contribution >= 0.6 is 39.1 Å². The predicted octanol–water partition coefficient (Wildman–Crippen LogP) is 6.24. The van der Waals surface area contributed by atoms with Crippen molar-refractivity contribution >= 4 is 44.8 Å². The molecule has 0 aromatic heterocycles. The second-order valence-corrected chi connectivity index (χ2v) is 6.25. The van der Waals surface area contributed by atoms with Crippen LogP contribution in [0.2, 0.25) is 10.0 Å². The Labute approximate surface area is 132 Å². The lowest BCUT2D eigenvalue weighted by atomic mass is 10.1. The molecule has 0 amide bonds. The van der Waals surface area contributed by atoms with E-state index in [0.29, 0.717) is 0 Å². The van der Waals surface area contributed by atoms with Gasteiger partial charge in [0.15, 0.2) is 0 Å². The van der Waals surface area contributed by atoms with Crippen LogP contribution in [0.5, 0.6) is 0 Å². The van der Waals surface area contributed by atoms with Crippen LogP contribution in [0.25, 0.3) is 0 Å². The van der Waals surface area contributed by atoms with Crippen LogP contribution < -0.4 is 5.32 Å². The summed E-state index contributed by atoms with van der Waals surface area (Å²) >= 11 is 15.6. The third kappa shape index (κ3) is 3.65. The first-order chi connectivity index (χ1) is 8.97. The molecule has 0 spiro atoms. The largest absolute Gasteiger partial charge is 0.378 e. The number of nitrogens with one attached hydrogen (secondary N) is 1. The molecule has 0 radical (unpaired) electrons. The molecule has 1 atom stereocenters. The van der Waals surface area contributed by atoms with Crippen LogP contribution in [0.1, 0.15) is 24.1 Å². The molecule has 0 aliphatic heterocycles. The van der Waals surface area contributed by atoms with Crippen LogP contribution in [0.4, 0.5) is 5.69 Å². The average molecular weight is 359 g/mol. The van der Waals surface area contributed by atoms with E-state index in [0.717, 1.165) is 31.3 Å². The Bertz CT molecular complexity index is 599. The molecule has 0 bridgehead atoms. The van der Waals surface area contributed by atoms with Crippen molar-refractivity contribution in [1.82, 2.24) is 0 Å². The molecule has 1 N–H and O–H groups in total. The number of benzene rings is 2. The summed E-state index contributed by atoms with van der Waals surface area (Å²) in [7, 11) is 0. The van der Waals surface area contributed by atoms with Gasteiger partial charge in [-0.05, 0) is 55.3 Å². The zero-order valence-corrected chi connectivity index (χ0v) is 13.8. The average Bonchev–Trinajstić information content (AvgIpc) is 2.32. The Morgan fingerprint density at radius 3 is 2.47 bits per heavy atom. The van der Waals surface area contributed by atoms with E-state index in [9.17, 15) is 0 Å². The van der Waals surface area contributed by atoms with Crippen molar-refractivity contribution in [3.63, 3.8) is 0 Å². The van der Waals surface area contributed by atoms with E-state index < -0.39 is 0 Å². The fourth-order valence-electron chi connectivity index (χ4n) is 1.95. The molecule has 4 heteroatoms. The molecule has 0 saturated heterocycles. The van der Waals surface area contributed by atoms with Gasteiger partial charge in [-0.15, -0.1) is 0 Å². The molecule has 100 valence electrons. The Balaban J connectivity index is 2.23. The topological polar surface area (TPSA) is 12.0 Å². The molecule has 0 heterocycles. The summed E-state index contributed by atoms with van der Waals surface area (Å²) in [5, 5.41) is 4.95. The van der Waals surface area contributed by atoms with Gasteiger partial charge in [-0.3, -0.25) is 0 Å². The van der Waals surface area contributed by atoms with E-state index in [4.69, 9.17) is 23.2 Å². The smallest absolute Gasteiger partial charge is 0.0500 e. The third-order valence-corrected chi connectivity index (χ3v) is 4.05. The minimum Gasteiger partial charge on any atom is -0.378 e. The summed E-state index contributed by atoms with van der Waals surface area (Å²) in [5.74, 6) is 0. The summed E-state index contributed by atoms with van der Waals surface area (Å²) in [4.78, 5) is 0. The van der Waals surface area contributed by atoms with Crippen molar-refractivity contribution in [2.45, 2.75) is 19.9 Å². The van der Waals surface area contributed by atoms with Crippen LogP contribution in [0.15, 0.2) is 40.9 Å². The number of aryl methyl sites for hydroxylation is 1. The molecule has 0 fully saturated rings. The lowest BCUT2D eigenvalue weighted by Crippen LogP contribution is -2.08. The maximum Gasteiger partial charge on any atom is 0.0500 e. The van der Waals surface area contributed by atoms with Crippen LogP contribution in [0.3, 0.4) is 0 Å². The van der Waals surface area contributed by atoms with Gasteiger partial charge in [0.05, 0.1) is 6.04 Å². The molecule has 1 unspecified atom stereocenters. The Morgan fingerprint density at radius 1 is 1.11 bits per heavy atom. The predicted molar refractivity (Wildman–Crippen MR) is 87.4 cm³/mol. The molecular formula is C15H14BrCl2N. The normalized spacial score (nSPS) is 12.3. The van der Waals surface area contributed by atoms with Gasteiger partial charge in [-0.25, -0.2) is 0 Å². The quantitative estimate of drug-likeness (QED) is 0.684. The van der Waals surface area contributed by atoms with Crippen LogP contribution in [-0.2, 0) is 0 Å². The second kappa shape index (κ2) is 6.17. The minimum atomic E-state index is 0.125. The van der Waals surface area contributed by atoms with Gasteiger partial charge < -0.3 is 5.32 Å². The molecule has 0 saturated carbocycles. The lowest BCUT2D eigenvalue weighted by Gasteiger charge is -2.19. The maximum absolute atomic E-state index is 6.26. The highest BCUT2D eigenvalue weighted by Crippen LogP contribution is 2.30. The van der Waals surface area contributed by atoms with E-state index >= 15 is 0 Å². The number of hydrogen-bond acceptors (Lipinski definition) is 1. The highest BCUT2D eigenvalue weighted by Gasteiger charge is 2.11. The number of hydrogen-bond donors (Lipinski definition) is 1. The van der Waals surface area contributed by atoms with Gasteiger partial charge in [0.1, 0.15) is 0 Å². The van der Waals surface area contributed by atoms with E-state index in [2.05, 4.69) is 28.2 Å². The fraction of sp³-hybridized carbons (Fsp3) is 0.200. The lowest BCUT2D eigenvalue weighted by molar-refractivity contribution is 0.882. The first kappa shape index (κ1) is 14.7. The van der Waals surface area contributed by atoms with Crippen LogP contribution in [0, 0.1) is 6.92 Å². The summed E-state index contributed by atoms with van der Waals surface area (Å²) in [6.45, 7) is 4.12. The summed E-state index contributed by atoms with van der Waals surface area (Å²) < 4.78 is 0.983. The number of halogens is 3. The van der Waals surface area contributed by atoms with Gasteiger partial charge in [0.25, 0.3) is 0 Å². The van der Waals surface area contributed by atoms with E-state index in [1.54, 1.807) is 0 Å². The summed E-state index contributed by atoms with van der Waals surface area (Å²) in [6.07, 6.45) is 0. The SMILES string of the molecule is Cc1cc(Cl)ccc1NC(C)c1ccc(Br)cc1Cl. The van der Waals surface area contributed by atoms with Crippen molar-refractivity contribution in [3.05, 3.63) is 62.0 Å². The molecule has 19 heavy (non-hydrogen) atoms. The maximum atomic E-state index is 6.26. The zero-order chi connectivity index (χ0) is 14.0. The highest BCUT2D eigenvalue weighted by molar-refractivity contribution is 9.10. The number of rotatable bonds is 3. The molecule has 2 aromatic carbocycles. The highest BCUT2D eigenvalue weighted by atomic mass is 79.9. The third-order valence-electron chi connectivity index (χ3n) is 2.99. The standard InChI is InChI=1S/C15H14BrCl2N/c1-9-7-12(17)4-6-15(9)19-10(2)13-5-3-11(16)8-14(13)18/h3-8,10,19H,1-2H3. The first-order valence-electron chi connectivity index (χ1n) is 5.95. The van der Waals surface area contributed by atoms with E-state index in [1.807, 2.05) is 43.3 Å².